The summed E-state index contributed by atoms with van der Waals surface area (Å²) in [4.78, 5) is 14.7. The summed E-state index contributed by atoms with van der Waals surface area (Å²) >= 11 is 3.46. The van der Waals surface area contributed by atoms with Gasteiger partial charge in [0.25, 0.3) is 5.91 Å². The molecule has 2 aromatic carbocycles. The molecule has 1 amide bonds. The molecule has 1 aliphatic heterocycles. The number of nitrogens with two attached hydrogens (primary N) is 1. The van der Waals surface area contributed by atoms with Crippen molar-refractivity contribution in [2.24, 2.45) is 11.7 Å². The zero-order valence-corrected chi connectivity index (χ0v) is 16.3. The Morgan fingerprint density at radius 2 is 2.04 bits per heavy atom. The van der Waals surface area contributed by atoms with Crippen LogP contribution < -0.4 is 10.5 Å². The molecule has 0 spiro atoms. The van der Waals surface area contributed by atoms with Gasteiger partial charge in [-0.1, -0.05) is 40.2 Å². The van der Waals surface area contributed by atoms with Gasteiger partial charge in [-0.3, -0.25) is 4.79 Å². The summed E-state index contributed by atoms with van der Waals surface area (Å²) in [6.45, 7) is 2.55. The van der Waals surface area contributed by atoms with Crippen LogP contribution in [0.25, 0.3) is 0 Å². The molecule has 0 bridgehead atoms. The van der Waals surface area contributed by atoms with Crippen molar-refractivity contribution in [1.82, 2.24) is 4.90 Å². The maximum atomic E-state index is 12.8. The lowest BCUT2D eigenvalue weighted by Crippen LogP contribution is -2.30. The first kappa shape index (κ1) is 19.8. The Bertz CT molecular complexity index is 726. The highest BCUT2D eigenvalue weighted by Crippen LogP contribution is 2.25. The summed E-state index contributed by atoms with van der Waals surface area (Å²) in [6.07, 6.45) is 0.976. The number of hydrogen-bond donors (Lipinski definition) is 1. The zero-order chi connectivity index (χ0) is 16.9. The highest BCUT2D eigenvalue weighted by Gasteiger charge is 2.27. The maximum absolute atomic E-state index is 12.8. The van der Waals surface area contributed by atoms with Gasteiger partial charge in [0.15, 0.2) is 0 Å². The number of benzene rings is 2. The van der Waals surface area contributed by atoms with Crippen LogP contribution in [0, 0.1) is 5.92 Å². The van der Waals surface area contributed by atoms with E-state index >= 15 is 0 Å². The van der Waals surface area contributed by atoms with Gasteiger partial charge in [-0.15, -0.1) is 12.4 Å². The van der Waals surface area contributed by atoms with E-state index in [4.69, 9.17) is 10.5 Å². The Morgan fingerprint density at radius 1 is 1.24 bits per heavy atom. The van der Waals surface area contributed by atoms with E-state index in [2.05, 4.69) is 15.9 Å². The number of likely N-dealkylation sites (tertiary alicyclic amines) is 1. The molecule has 2 N–H and O–H groups in total. The van der Waals surface area contributed by atoms with E-state index in [-0.39, 0.29) is 18.3 Å². The van der Waals surface area contributed by atoms with E-state index in [1.54, 1.807) is 0 Å². The molecule has 0 aliphatic carbocycles. The fraction of sp³-hybridized carbons (Fsp3) is 0.316. The number of ether oxygens (including phenoxy) is 1. The average molecular weight is 426 g/mol. The normalized spacial score (nSPS) is 16.4. The number of nitrogens with zero attached hydrogens (tertiary/aromatic N) is 1. The molecule has 134 valence electrons. The van der Waals surface area contributed by atoms with Crippen LogP contribution in [0.15, 0.2) is 53.0 Å². The van der Waals surface area contributed by atoms with Crippen LogP contribution in [0.3, 0.4) is 0 Å². The van der Waals surface area contributed by atoms with Crippen molar-refractivity contribution in [1.29, 1.82) is 0 Å². The fourth-order valence-corrected chi connectivity index (χ4v) is 3.38. The number of carbonyl (C=O) groups excluding carboxylic acids is 1. The van der Waals surface area contributed by atoms with Crippen LogP contribution in [0.2, 0.25) is 0 Å². The third-order valence-corrected chi connectivity index (χ3v) is 4.80. The molecule has 1 atom stereocenters. The predicted octanol–water partition coefficient (Wildman–Crippen LogP) is 3.87. The topological polar surface area (TPSA) is 55.6 Å². The van der Waals surface area contributed by atoms with Gasteiger partial charge in [0.1, 0.15) is 12.4 Å². The second-order valence-electron chi connectivity index (χ2n) is 6.06. The van der Waals surface area contributed by atoms with Gasteiger partial charge in [-0.05, 0) is 48.7 Å². The van der Waals surface area contributed by atoms with Gasteiger partial charge in [0, 0.05) is 17.6 Å². The molecule has 4 nitrogen and oxygen atoms in total. The van der Waals surface area contributed by atoms with E-state index < -0.39 is 0 Å². The van der Waals surface area contributed by atoms with Crippen molar-refractivity contribution < 1.29 is 9.53 Å². The standard InChI is InChI=1S/C19H21BrN2O2.ClH/c20-16-5-3-4-14(10-16)13-24-18-7-2-1-6-17(18)19(23)22-9-8-15(11-21)12-22;/h1-7,10,15H,8-9,11-13,21H2;1H. The molecule has 25 heavy (non-hydrogen) atoms. The van der Waals surface area contributed by atoms with Crippen molar-refractivity contribution in [3.63, 3.8) is 0 Å². The molecule has 1 heterocycles. The molecule has 0 saturated carbocycles. The Balaban J connectivity index is 0.00000225. The molecule has 1 unspecified atom stereocenters. The van der Waals surface area contributed by atoms with Crippen LogP contribution >= 0.6 is 28.3 Å². The molecule has 0 radical (unpaired) electrons. The van der Waals surface area contributed by atoms with Crippen molar-refractivity contribution in [2.45, 2.75) is 13.0 Å². The lowest BCUT2D eigenvalue weighted by atomic mass is 10.1. The minimum absolute atomic E-state index is 0. The Hall–Kier alpha value is -1.56. The first-order chi connectivity index (χ1) is 11.7. The lowest BCUT2D eigenvalue weighted by Gasteiger charge is -2.18. The maximum Gasteiger partial charge on any atom is 0.257 e. The summed E-state index contributed by atoms with van der Waals surface area (Å²) in [5.41, 5.74) is 7.39. The Labute approximate surface area is 162 Å². The third-order valence-electron chi connectivity index (χ3n) is 4.31. The fourth-order valence-electron chi connectivity index (χ4n) is 2.94. The largest absolute Gasteiger partial charge is 0.488 e. The highest BCUT2D eigenvalue weighted by molar-refractivity contribution is 9.10. The van der Waals surface area contributed by atoms with Crippen LogP contribution in [0.1, 0.15) is 22.3 Å². The summed E-state index contributed by atoms with van der Waals surface area (Å²) in [6, 6.07) is 15.4. The first-order valence-corrected chi connectivity index (χ1v) is 8.92. The summed E-state index contributed by atoms with van der Waals surface area (Å²) < 4.78 is 6.93. The summed E-state index contributed by atoms with van der Waals surface area (Å²) in [5.74, 6) is 1.05. The Morgan fingerprint density at radius 3 is 2.76 bits per heavy atom. The molecular weight excluding hydrogens is 404 g/mol. The molecule has 3 rings (SSSR count). The SMILES string of the molecule is Cl.NCC1CCN(C(=O)c2ccccc2OCc2cccc(Br)c2)C1. The van der Waals surface area contributed by atoms with Gasteiger partial charge in [-0.25, -0.2) is 0 Å². The Kier molecular flexibility index (Phi) is 7.29. The molecule has 1 aliphatic rings. The molecule has 0 aromatic heterocycles. The number of para-hydroxylation sites is 1. The number of hydrogen-bond acceptors (Lipinski definition) is 3. The van der Waals surface area contributed by atoms with Crippen molar-refractivity contribution >= 4 is 34.2 Å². The van der Waals surface area contributed by atoms with Crippen LogP contribution in [0.4, 0.5) is 0 Å². The van der Waals surface area contributed by atoms with E-state index in [0.717, 1.165) is 29.5 Å². The van der Waals surface area contributed by atoms with Crippen LogP contribution in [-0.4, -0.2) is 30.4 Å². The van der Waals surface area contributed by atoms with E-state index in [9.17, 15) is 4.79 Å². The van der Waals surface area contributed by atoms with E-state index in [0.29, 0.717) is 30.4 Å². The average Bonchev–Trinajstić information content (AvgIpc) is 3.09. The lowest BCUT2D eigenvalue weighted by molar-refractivity contribution is 0.0782. The van der Waals surface area contributed by atoms with Gasteiger partial charge in [-0.2, -0.15) is 0 Å². The minimum atomic E-state index is 0. The second-order valence-corrected chi connectivity index (χ2v) is 6.97. The van der Waals surface area contributed by atoms with Crippen molar-refractivity contribution in [3.8, 4) is 5.75 Å². The smallest absolute Gasteiger partial charge is 0.257 e. The second kappa shape index (κ2) is 9.22. The minimum Gasteiger partial charge on any atom is -0.488 e. The molecular formula is C19H22BrClN2O2. The van der Waals surface area contributed by atoms with Crippen LogP contribution in [0.5, 0.6) is 5.75 Å². The van der Waals surface area contributed by atoms with Crippen molar-refractivity contribution in [2.75, 3.05) is 19.6 Å². The monoisotopic (exact) mass is 424 g/mol. The zero-order valence-electron chi connectivity index (χ0n) is 13.9. The molecule has 1 fully saturated rings. The first-order valence-electron chi connectivity index (χ1n) is 8.13. The van der Waals surface area contributed by atoms with Gasteiger partial charge in [0.2, 0.25) is 0 Å². The van der Waals surface area contributed by atoms with Gasteiger partial charge < -0.3 is 15.4 Å². The number of amides is 1. The number of halogens is 2. The quantitative estimate of drug-likeness (QED) is 0.791. The van der Waals surface area contributed by atoms with Gasteiger partial charge >= 0.3 is 0 Å². The molecule has 2 aromatic rings. The van der Waals surface area contributed by atoms with Crippen molar-refractivity contribution in [3.05, 3.63) is 64.1 Å². The van der Waals surface area contributed by atoms with E-state index in [1.807, 2.05) is 53.4 Å². The summed E-state index contributed by atoms with van der Waals surface area (Å²) in [5, 5.41) is 0. The third kappa shape index (κ3) is 4.97. The molecule has 1 saturated heterocycles. The number of carbonyl (C=O) groups is 1. The summed E-state index contributed by atoms with van der Waals surface area (Å²) in [7, 11) is 0. The predicted molar refractivity (Wildman–Crippen MR) is 105 cm³/mol. The van der Waals surface area contributed by atoms with Gasteiger partial charge in [0.05, 0.1) is 5.56 Å². The highest BCUT2D eigenvalue weighted by atomic mass is 79.9. The van der Waals surface area contributed by atoms with Crippen LogP contribution in [-0.2, 0) is 6.61 Å². The number of rotatable bonds is 5. The van der Waals surface area contributed by atoms with E-state index in [1.165, 1.54) is 0 Å². The molecule has 6 heteroatoms.